The van der Waals surface area contributed by atoms with Crippen LogP contribution < -0.4 is 4.31 Å². The van der Waals surface area contributed by atoms with E-state index in [1.165, 1.54) is 19.2 Å². The van der Waals surface area contributed by atoms with Crippen molar-refractivity contribution in [3.05, 3.63) is 41.3 Å². The molecule has 2 aromatic rings. The molecule has 0 spiro atoms. The van der Waals surface area contributed by atoms with Gasteiger partial charge < -0.3 is 14.6 Å². The monoisotopic (exact) mass is 521 g/mol. The van der Waals surface area contributed by atoms with Crippen molar-refractivity contribution in [2.75, 3.05) is 30.8 Å². The Morgan fingerprint density at radius 1 is 1.08 bits per heavy atom. The third kappa shape index (κ3) is 5.88. The van der Waals surface area contributed by atoms with Crippen molar-refractivity contribution in [2.45, 2.75) is 70.2 Å². The lowest BCUT2D eigenvalue weighted by molar-refractivity contribution is -0.0383. The van der Waals surface area contributed by atoms with Gasteiger partial charge in [0.2, 0.25) is 16.0 Å². The van der Waals surface area contributed by atoms with Gasteiger partial charge in [-0.15, -0.1) is 0 Å². The van der Waals surface area contributed by atoms with Gasteiger partial charge in [0.25, 0.3) is 0 Å². The average Bonchev–Trinajstić information content (AvgIpc) is 3.56. The minimum Gasteiger partial charge on any atom is -0.388 e. The van der Waals surface area contributed by atoms with Crippen LogP contribution >= 0.6 is 0 Å². The standard InChI is InChI=1S/C26H36FN3O5S/c1-16(2)24-23(20(31)15-19(21-7-5-13-34-21)22-8-6-14-35-22)25(17-9-11-18(27)12-10-17)29-26(28-24)30(3)36(4,32)33/h9-12,16,19-22,31H,5-8,13-15H2,1-4H3. The van der Waals surface area contributed by atoms with Crippen LogP contribution in [0.25, 0.3) is 11.3 Å². The Morgan fingerprint density at radius 3 is 2.14 bits per heavy atom. The van der Waals surface area contributed by atoms with Gasteiger partial charge in [-0.25, -0.2) is 27.1 Å². The molecule has 0 saturated carbocycles. The summed E-state index contributed by atoms with van der Waals surface area (Å²) in [6.45, 7) is 5.29. The maximum atomic E-state index is 13.8. The predicted octanol–water partition coefficient (Wildman–Crippen LogP) is 4.20. The summed E-state index contributed by atoms with van der Waals surface area (Å²) in [5.41, 5.74) is 2.05. The van der Waals surface area contributed by atoms with Gasteiger partial charge >= 0.3 is 0 Å². The number of sulfonamides is 1. The van der Waals surface area contributed by atoms with E-state index in [1.54, 1.807) is 12.1 Å². The number of ether oxygens (including phenoxy) is 2. The van der Waals surface area contributed by atoms with Gasteiger partial charge in [0, 0.05) is 37.3 Å². The molecule has 10 heteroatoms. The Balaban J connectivity index is 1.82. The number of benzene rings is 1. The maximum absolute atomic E-state index is 13.8. The number of nitrogens with zero attached hydrogens (tertiary/aromatic N) is 3. The lowest BCUT2D eigenvalue weighted by Crippen LogP contribution is -2.33. The molecule has 1 N–H and O–H groups in total. The second-order valence-electron chi connectivity index (χ2n) is 10.1. The first-order chi connectivity index (χ1) is 17.1. The fourth-order valence-electron chi connectivity index (χ4n) is 5.16. The van der Waals surface area contributed by atoms with Gasteiger partial charge in [0.05, 0.1) is 36.0 Å². The van der Waals surface area contributed by atoms with Gasteiger partial charge in [0.1, 0.15) is 5.82 Å². The molecular weight excluding hydrogens is 485 g/mol. The van der Waals surface area contributed by atoms with E-state index < -0.39 is 21.9 Å². The van der Waals surface area contributed by atoms with Crippen molar-refractivity contribution in [1.82, 2.24) is 9.97 Å². The van der Waals surface area contributed by atoms with Gasteiger partial charge in [-0.1, -0.05) is 13.8 Å². The van der Waals surface area contributed by atoms with Crippen LogP contribution in [0, 0.1) is 11.7 Å². The summed E-state index contributed by atoms with van der Waals surface area (Å²) in [6, 6.07) is 5.81. The molecule has 0 bridgehead atoms. The highest BCUT2D eigenvalue weighted by Gasteiger charge is 2.38. The SMILES string of the molecule is CC(C)c1nc(N(C)S(C)(=O)=O)nc(-c2ccc(F)cc2)c1C(O)CC(C1CCCO1)C1CCCO1. The number of halogens is 1. The molecule has 2 fully saturated rings. The minimum atomic E-state index is -3.63. The molecule has 0 aliphatic carbocycles. The Kier molecular flexibility index (Phi) is 8.28. The van der Waals surface area contributed by atoms with E-state index in [0.717, 1.165) is 36.2 Å². The number of aliphatic hydroxyl groups excluding tert-OH is 1. The van der Waals surface area contributed by atoms with Crippen molar-refractivity contribution in [2.24, 2.45) is 5.92 Å². The Bertz CT molecular complexity index is 1130. The number of hydrogen-bond acceptors (Lipinski definition) is 7. The topological polar surface area (TPSA) is 102 Å². The first-order valence-electron chi connectivity index (χ1n) is 12.6. The van der Waals surface area contributed by atoms with Gasteiger partial charge in [0.15, 0.2) is 0 Å². The van der Waals surface area contributed by atoms with Crippen LogP contribution in [0.1, 0.15) is 69.2 Å². The minimum absolute atomic E-state index is 0.00412. The summed E-state index contributed by atoms with van der Waals surface area (Å²) >= 11 is 0. The second kappa shape index (κ2) is 11.1. The summed E-state index contributed by atoms with van der Waals surface area (Å²) in [4.78, 5) is 9.20. The zero-order valence-corrected chi connectivity index (χ0v) is 22.2. The van der Waals surface area contributed by atoms with E-state index in [-0.39, 0.29) is 30.0 Å². The lowest BCUT2D eigenvalue weighted by atomic mass is 9.83. The number of aliphatic hydroxyl groups is 1. The summed E-state index contributed by atoms with van der Waals surface area (Å²) in [6.07, 6.45) is 4.37. The fourth-order valence-corrected chi connectivity index (χ4v) is 5.54. The highest BCUT2D eigenvalue weighted by molar-refractivity contribution is 7.92. The van der Waals surface area contributed by atoms with E-state index in [0.29, 0.717) is 42.1 Å². The van der Waals surface area contributed by atoms with Crippen molar-refractivity contribution in [3.8, 4) is 11.3 Å². The largest absolute Gasteiger partial charge is 0.388 e. The summed E-state index contributed by atoms with van der Waals surface area (Å²) in [5, 5.41) is 11.7. The third-order valence-electron chi connectivity index (χ3n) is 7.12. The average molecular weight is 522 g/mol. The van der Waals surface area contributed by atoms with E-state index in [4.69, 9.17) is 9.47 Å². The number of aromatic nitrogens is 2. The summed E-state index contributed by atoms with van der Waals surface area (Å²) in [7, 11) is -2.23. The molecule has 2 aliphatic rings. The molecule has 8 nitrogen and oxygen atoms in total. The van der Waals surface area contributed by atoms with Crippen LogP contribution in [0.5, 0.6) is 0 Å². The molecule has 198 valence electrons. The van der Waals surface area contributed by atoms with Crippen molar-refractivity contribution in [1.29, 1.82) is 0 Å². The summed E-state index contributed by atoms with van der Waals surface area (Å²) < 4.78 is 51.4. The van der Waals surface area contributed by atoms with E-state index >= 15 is 0 Å². The zero-order valence-electron chi connectivity index (χ0n) is 21.4. The van der Waals surface area contributed by atoms with Crippen molar-refractivity contribution >= 4 is 16.0 Å². The van der Waals surface area contributed by atoms with E-state index in [2.05, 4.69) is 9.97 Å². The van der Waals surface area contributed by atoms with Crippen LogP contribution in [-0.4, -0.2) is 62.2 Å². The van der Waals surface area contributed by atoms with Crippen LogP contribution in [0.3, 0.4) is 0 Å². The van der Waals surface area contributed by atoms with Gasteiger partial charge in [-0.3, -0.25) is 0 Å². The van der Waals surface area contributed by atoms with E-state index in [1.807, 2.05) is 13.8 Å². The number of hydrogen-bond donors (Lipinski definition) is 1. The first kappa shape index (κ1) is 26.9. The van der Waals surface area contributed by atoms with Crippen LogP contribution in [0.2, 0.25) is 0 Å². The normalized spacial score (nSPS) is 22.2. The van der Waals surface area contributed by atoms with Crippen LogP contribution in [0.4, 0.5) is 10.3 Å². The third-order valence-corrected chi connectivity index (χ3v) is 8.28. The molecule has 1 aromatic heterocycles. The molecule has 4 rings (SSSR count). The predicted molar refractivity (Wildman–Crippen MR) is 136 cm³/mol. The van der Waals surface area contributed by atoms with Crippen molar-refractivity contribution in [3.63, 3.8) is 0 Å². The molecule has 2 aliphatic heterocycles. The first-order valence-corrected chi connectivity index (χ1v) is 14.4. The lowest BCUT2D eigenvalue weighted by Gasteiger charge is -2.31. The molecule has 36 heavy (non-hydrogen) atoms. The molecule has 0 radical (unpaired) electrons. The highest BCUT2D eigenvalue weighted by Crippen LogP contribution is 2.40. The molecular formula is C26H36FN3O5S. The summed E-state index contributed by atoms with van der Waals surface area (Å²) in [5.74, 6) is -0.521. The molecule has 2 saturated heterocycles. The molecule has 3 heterocycles. The Hall–Kier alpha value is -2.14. The maximum Gasteiger partial charge on any atom is 0.239 e. The molecule has 1 aromatic carbocycles. The number of rotatable bonds is 9. The second-order valence-corrected chi connectivity index (χ2v) is 12.1. The van der Waals surface area contributed by atoms with E-state index in [9.17, 15) is 17.9 Å². The Labute approximate surface area is 212 Å². The van der Waals surface area contributed by atoms with Crippen LogP contribution in [0.15, 0.2) is 24.3 Å². The smallest absolute Gasteiger partial charge is 0.239 e. The number of anilines is 1. The van der Waals surface area contributed by atoms with Gasteiger partial charge in [-0.2, -0.15) is 0 Å². The molecule has 0 amide bonds. The molecule has 3 unspecified atom stereocenters. The molecule has 3 atom stereocenters. The fraction of sp³-hybridized carbons (Fsp3) is 0.615. The van der Waals surface area contributed by atoms with Crippen molar-refractivity contribution < 1.29 is 27.4 Å². The zero-order chi connectivity index (χ0) is 26.0. The highest BCUT2D eigenvalue weighted by atomic mass is 32.2. The van der Waals surface area contributed by atoms with Crippen LogP contribution in [-0.2, 0) is 19.5 Å². The quantitative estimate of drug-likeness (QED) is 0.528. The van der Waals surface area contributed by atoms with Gasteiger partial charge in [-0.05, 0) is 62.3 Å². The Morgan fingerprint density at radius 2 is 1.67 bits per heavy atom.